The summed E-state index contributed by atoms with van der Waals surface area (Å²) in [6.45, 7) is 6.16. The minimum atomic E-state index is -0.0945. The average Bonchev–Trinajstić information content (AvgIpc) is 2.95. The zero-order chi connectivity index (χ0) is 14.5. The molecule has 1 fully saturated rings. The molecular weight excluding hydrogens is 254 g/mol. The number of hydrogen-bond acceptors (Lipinski definition) is 4. The summed E-state index contributed by atoms with van der Waals surface area (Å²) in [5.41, 5.74) is 5.75. The molecule has 1 saturated heterocycles. The summed E-state index contributed by atoms with van der Waals surface area (Å²) in [4.78, 5) is 14.4. The lowest BCUT2D eigenvalue weighted by Gasteiger charge is -2.37. The van der Waals surface area contributed by atoms with Gasteiger partial charge in [-0.15, -0.1) is 0 Å². The molecule has 5 nitrogen and oxygen atoms in total. The van der Waals surface area contributed by atoms with E-state index in [0.717, 1.165) is 18.7 Å². The van der Waals surface area contributed by atoms with Gasteiger partial charge in [0.25, 0.3) is 0 Å². The number of likely N-dealkylation sites (tertiary alicyclic amines) is 1. The van der Waals surface area contributed by atoms with Gasteiger partial charge in [0, 0.05) is 12.6 Å². The van der Waals surface area contributed by atoms with Crippen molar-refractivity contribution in [2.75, 3.05) is 19.6 Å². The van der Waals surface area contributed by atoms with Crippen molar-refractivity contribution in [1.29, 1.82) is 0 Å². The molecule has 1 amide bonds. The van der Waals surface area contributed by atoms with Gasteiger partial charge in [0.1, 0.15) is 5.76 Å². The monoisotopic (exact) mass is 279 g/mol. The van der Waals surface area contributed by atoms with Crippen LogP contribution in [0.5, 0.6) is 0 Å². The van der Waals surface area contributed by atoms with E-state index >= 15 is 0 Å². The van der Waals surface area contributed by atoms with Gasteiger partial charge in [0.2, 0.25) is 5.91 Å². The summed E-state index contributed by atoms with van der Waals surface area (Å²) < 4.78 is 5.30. The Morgan fingerprint density at radius 3 is 3.05 bits per heavy atom. The fourth-order valence-electron chi connectivity index (χ4n) is 2.76. The Labute approximate surface area is 120 Å². The van der Waals surface area contributed by atoms with Gasteiger partial charge >= 0.3 is 0 Å². The van der Waals surface area contributed by atoms with Crippen LogP contribution in [0.4, 0.5) is 0 Å². The molecule has 0 bridgehead atoms. The van der Waals surface area contributed by atoms with Gasteiger partial charge in [0.05, 0.1) is 18.8 Å². The number of rotatable bonds is 5. The third-order valence-corrected chi connectivity index (χ3v) is 4.14. The molecule has 3 N–H and O–H groups in total. The molecule has 3 atom stereocenters. The van der Waals surface area contributed by atoms with Crippen molar-refractivity contribution in [3.05, 3.63) is 24.2 Å². The van der Waals surface area contributed by atoms with Crippen molar-refractivity contribution in [2.45, 2.75) is 38.8 Å². The maximum Gasteiger partial charge on any atom is 0.234 e. The van der Waals surface area contributed by atoms with Crippen LogP contribution in [0.25, 0.3) is 0 Å². The van der Waals surface area contributed by atoms with Crippen LogP contribution in [0, 0.1) is 5.92 Å². The standard InChI is InChI=1S/C15H25N3O2/c1-11-5-6-13(8-16)9-18(11)10-15(19)17-12(2)14-4-3-7-20-14/h3-4,7,11-13H,5-6,8-10,16H2,1-2H3,(H,17,19). The number of carbonyl (C=O) groups excluding carboxylic acids is 1. The summed E-state index contributed by atoms with van der Waals surface area (Å²) in [6.07, 6.45) is 3.90. The topological polar surface area (TPSA) is 71.5 Å². The minimum absolute atomic E-state index is 0.0402. The summed E-state index contributed by atoms with van der Waals surface area (Å²) in [7, 11) is 0. The van der Waals surface area contributed by atoms with Crippen molar-refractivity contribution in [1.82, 2.24) is 10.2 Å². The molecule has 1 aliphatic rings. The zero-order valence-electron chi connectivity index (χ0n) is 12.3. The highest BCUT2D eigenvalue weighted by Crippen LogP contribution is 2.21. The Hall–Kier alpha value is -1.33. The molecule has 0 aliphatic carbocycles. The van der Waals surface area contributed by atoms with E-state index in [1.54, 1.807) is 6.26 Å². The first-order chi connectivity index (χ1) is 9.60. The van der Waals surface area contributed by atoms with Crippen molar-refractivity contribution in [2.24, 2.45) is 11.7 Å². The molecule has 20 heavy (non-hydrogen) atoms. The predicted molar refractivity (Wildman–Crippen MR) is 78.1 cm³/mol. The van der Waals surface area contributed by atoms with Gasteiger partial charge in [-0.25, -0.2) is 0 Å². The lowest BCUT2D eigenvalue weighted by atomic mass is 9.93. The number of nitrogens with two attached hydrogens (primary N) is 1. The molecule has 0 aromatic carbocycles. The normalized spacial score (nSPS) is 25.4. The molecule has 0 radical (unpaired) electrons. The number of amides is 1. The van der Waals surface area contributed by atoms with Crippen LogP contribution in [0.2, 0.25) is 0 Å². The number of piperidine rings is 1. The Morgan fingerprint density at radius 1 is 1.60 bits per heavy atom. The number of nitrogens with one attached hydrogen (secondary N) is 1. The number of hydrogen-bond donors (Lipinski definition) is 2. The van der Waals surface area contributed by atoms with Crippen LogP contribution >= 0.6 is 0 Å². The molecule has 2 heterocycles. The van der Waals surface area contributed by atoms with E-state index in [9.17, 15) is 4.79 Å². The second-order valence-corrected chi connectivity index (χ2v) is 5.76. The third kappa shape index (κ3) is 3.84. The van der Waals surface area contributed by atoms with Gasteiger partial charge in [-0.05, 0) is 51.3 Å². The third-order valence-electron chi connectivity index (χ3n) is 4.14. The van der Waals surface area contributed by atoms with Crippen molar-refractivity contribution in [3.8, 4) is 0 Å². The lowest BCUT2D eigenvalue weighted by molar-refractivity contribution is -0.124. The first kappa shape index (κ1) is 15.1. The average molecular weight is 279 g/mol. The minimum Gasteiger partial charge on any atom is -0.467 e. The molecule has 1 aliphatic heterocycles. The van der Waals surface area contributed by atoms with Crippen molar-refractivity contribution < 1.29 is 9.21 Å². The highest BCUT2D eigenvalue weighted by atomic mass is 16.3. The Bertz CT molecular complexity index is 419. The predicted octanol–water partition coefficient (Wildman–Crippen LogP) is 1.52. The summed E-state index contributed by atoms with van der Waals surface area (Å²) in [5, 5.41) is 2.98. The Morgan fingerprint density at radius 2 is 2.40 bits per heavy atom. The summed E-state index contributed by atoms with van der Waals surface area (Å²) >= 11 is 0. The molecule has 1 aromatic heterocycles. The van der Waals surface area contributed by atoms with Crippen LogP contribution in [0.1, 0.15) is 38.5 Å². The Balaban J connectivity index is 1.84. The first-order valence-corrected chi connectivity index (χ1v) is 7.37. The second-order valence-electron chi connectivity index (χ2n) is 5.76. The maximum atomic E-state index is 12.1. The van der Waals surface area contributed by atoms with Gasteiger partial charge in [0.15, 0.2) is 0 Å². The maximum absolute atomic E-state index is 12.1. The highest BCUT2D eigenvalue weighted by molar-refractivity contribution is 5.78. The van der Waals surface area contributed by atoms with Crippen LogP contribution in [0.3, 0.4) is 0 Å². The van der Waals surface area contributed by atoms with Crippen LogP contribution in [0.15, 0.2) is 22.8 Å². The molecule has 1 aromatic rings. The second kappa shape index (κ2) is 6.90. The van der Waals surface area contributed by atoms with Crippen LogP contribution in [-0.4, -0.2) is 36.5 Å². The molecule has 0 spiro atoms. The SMILES string of the molecule is CC(NC(=O)CN1CC(CN)CCC1C)c1ccco1. The molecule has 112 valence electrons. The summed E-state index contributed by atoms with van der Waals surface area (Å²) in [6, 6.07) is 4.06. The van der Waals surface area contributed by atoms with E-state index in [2.05, 4.69) is 17.1 Å². The van der Waals surface area contributed by atoms with E-state index in [1.807, 2.05) is 19.1 Å². The van der Waals surface area contributed by atoms with E-state index < -0.39 is 0 Å². The van der Waals surface area contributed by atoms with E-state index in [1.165, 1.54) is 6.42 Å². The number of carbonyl (C=O) groups is 1. The van der Waals surface area contributed by atoms with Gasteiger partial charge < -0.3 is 15.5 Å². The molecule has 3 unspecified atom stereocenters. The molecule has 2 rings (SSSR count). The quantitative estimate of drug-likeness (QED) is 0.857. The van der Waals surface area contributed by atoms with Crippen LogP contribution < -0.4 is 11.1 Å². The van der Waals surface area contributed by atoms with Crippen LogP contribution in [-0.2, 0) is 4.79 Å². The van der Waals surface area contributed by atoms with E-state index in [0.29, 0.717) is 25.0 Å². The van der Waals surface area contributed by atoms with Gasteiger partial charge in [-0.1, -0.05) is 0 Å². The lowest BCUT2D eigenvalue weighted by Crippen LogP contribution is -2.48. The molecular formula is C15H25N3O2. The first-order valence-electron chi connectivity index (χ1n) is 7.37. The number of nitrogens with zero attached hydrogens (tertiary/aromatic N) is 1. The Kier molecular flexibility index (Phi) is 5.20. The fraction of sp³-hybridized carbons (Fsp3) is 0.667. The zero-order valence-corrected chi connectivity index (χ0v) is 12.3. The van der Waals surface area contributed by atoms with Gasteiger partial charge in [-0.2, -0.15) is 0 Å². The molecule has 5 heteroatoms. The smallest absolute Gasteiger partial charge is 0.234 e. The highest BCUT2D eigenvalue weighted by Gasteiger charge is 2.26. The van der Waals surface area contributed by atoms with Gasteiger partial charge in [-0.3, -0.25) is 9.69 Å². The van der Waals surface area contributed by atoms with Crippen molar-refractivity contribution >= 4 is 5.91 Å². The fourth-order valence-corrected chi connectivity index (χ4v) is 2.76. The van der Waals surface area contributed by atoms with E-state index in [4.69, 9.17) is 10.2 Å². The largest absolute Gasteiger partial charge is 0.467 e. The summed E-state index contributed by atoms with van der Waals surface area (Å²) in [5.74, 6) is 1.34. The molecule has 0 saturated carbocycles. The van der Waals surface area contributed by atoms with E-state index in [-0.39, 0.29) is 11.9 Å². The number of furan rings is 1. The van der Waals surface area contributed by atoms with Crippen molar-refractivity contribution in [3.63, 3.8) is 0 Å².